The number of sulfonamides is 1. The first kappa shape index (κ1) is 15.9. The van der Waals surface area contributed by atoms with Crippen LogP contribution in [0.3, 0.4) is 0 Å². The van der Waals surface area contributed by atoms with Crippen LogP contribution in [-0.4, -0.2) is 53.1 Å². The topological polar surface area (TPSA) is 96.7 Å². The molecule has 2 aromatic rings. The molecule has 1 N–H and O–H groups in total. The molecule has 124 valence electrons. The van der Waals surface area contributed by atoms with Gasteiger partial charge in [-0.15, -0.1) is 0 Å². The van der Waals surface area contributed by atoms with E-state index in [-0.39, 0.29) is 11.9 Å². The van der Waals surface area contributed by atoms with Crippen molar-refractivity contribution in [1.82, 2.24) is 24.2 Å². The van der Waals surface area contributed by atoms with Gasteiger partial charge in [0.2, 0.25) is 10.0 Å². The van der Waals surface area contributed by atoms with Gasteiger partial charge < -0.3 is 5.32 Å². The Morgan fingerprint density at radius 2 is 2.17 bits per heavy atom. The van der Waals surface area contributed by atoms with Crippen LogP contribution in [0, 0.1) is 0 Å². The number of hydrogen-bond donors (Lipinski definition) is 1. The number of fused-ring (bicyclic) bond motifs is 1. The maximum Gasteiger partial charge on any atom is 0.256 e. The van der Waals surface area contributed by atoms with Crippen molar-refractivity contribution in [2.45, 2.75) is 25.3 Å². The fourth-order valence-electron chi connectivity index (χ4n) is 3.05. The SMILES string of the molecule is CNC(=O)c1cnn2c([C@@H]3CCCCN3S(C)(=O)=O)ccnc12. The molecule has 1 fully saturated rings. The van der Waals surface area contributed by atoms with Crippen LogP contribution in [0.5, 0.6) is 0 Å². The molecule has 1 amide bonds. The molecule has 3 heterocycles. The van der Waals surface area contributed by atoms with Gasteiger partial charge in [-0.2, -0.15) is 9.40 Å². The first-order valence-corrected chi connectivity index (χ1v) is 9.30. The Kier molecular flexibility index (Phi) is 4.07. The minimum atomic E-state index is -3.31. The van der Waals surface area contributed by atoms with Gasteiger partial charge in [-0.1, -0.05) is 6.42 Å². The van der Waals surface area contributed by atoms with Gasteiger partial charge in [0.15, 0.2) is 5.65 Å². The summed E-state index contributed by atoms with van der Waals surface area (Å²) < 4.78 is 27.2. The van der Waals surface area contributed by atoms with Crippen LogP contribution >= 0.6 is 0 Å². The molecule has 0 radical (unpaired) electrons. The quantitative estimate of drug-likeness (QED) is 0.883. The van der Waals surface area contributed by atoms with Gasteiger partial charge >= 0.3 is 0 Å². The molecule has 1 saturated heterocycles. The number of aromatic nitrogens is 3. The summed E-state index contributed by atoms with van der Waals surface area (Å²) in [5, 5.41) is 6.80. The summed E-state index contributed by atoms with van der Waals surface area (Å²) in [5.74, 6) is -0.270. The molecule has 9 heteroatoms. The Balaban J connectivity index is 2.12. The monoisotopic (exact) mass is 337 g/mol. The zero-order valence-corrected chi connectivity index (χ0v) is 13.9. The maximum atomic E-state index is 12.1. The molecular weight excluding hydrogens is 318 g/mol. The molecule has 0 unspecified atom stereocenters. The summed E-state index contributed by atoms with van der Waals surface area (Å²) in [6.07, 6.45) is 6.79. The lowest BCUT2D eigenvalue weighted by atomic mass is 10.0. The van der Waals surface area contributed by atoms with Crippen molar-refractivity contribution in [3.63, 3.8) is 0 Å². The van der Waals surface area contributed by atoms with Gasteiger partial charge in [0.05, 0.1) is 24.2 Å². The third kappa shape index (κ3) is 2.81. The first-order valence-electron chi connectivity index (χ1n) is 7.45. The Morgan fingerprint density at radius 3 is 2.87 bits per heavy atom. The lowest BCUT2D eigenvalue weighted by Crippen LogP contribution is -2.38. The van der Waals surface area contributed by atoms with E-state index in [0.717, 1.165) is 25.0 Å². The highest BCUT2D eigenvalue weighted by Crippen LogP contribution is 2.32. The summed E-state index contributed by atoms with van der Waals surface area (Å²) in [6.45, 7) is 0.497. The largest absolute Gasteiger partial charge is 0.355 e. The molecule has 1 atom stereocenters. The predicted molar refractivity (Wildman–Crippen MR) is 84.5 cm³/mol. The number of amides is 1. The molecule has 8 nitrogen and oxygen atoms in total. The summed E-state index contributed by atoms with van der Waals surface area (Å²) in [4.78, 5) is 16.1. The molecular formula is C14H19N5O3S. The highest BCUT2D eigenvalue weighted by atomic mass is 32.2. The molecule has 0 aromatic carbocycles. The Bertz CT molecular complexity index is 845. The summed E-state index contributed by atoms with van der Waals surface area (Å²) in [7, 11) is -1.77. The van der Waals surface area contributed by atoms with Crippen LogP contribution < -0.4 is 5.32 Å². The van der Waals surface area contributed by atoms with E-state index in [1.165, 1.54) is 16.8 Å². The maximum absolute atomic E-state index is 12.1. The number of carbonyl (C=O) groups excluding carboxylic acids is 1. The van der Waals surface area contributed by atoms with Crippen LogP contribution in [-0.2, 0) is 10.0 Å². The highest BCUT2D eigenvalue weighted by Gasteiger charge is 2.32. The molecule has 2 aromatic heterocycles. The normalized spacial score (nSPS) is 19.8. The molecule has 23 heavy (non-hydrogen) atoms. The van der Waals surface area contributed by atoms with Gasteiger partial charge in [0.1, 0.15) is 5.56 Å². The van der Waals surface area contributed by atoms with E-state index in [9.17, 15) is 13.2 Å². The second-order valence-corrected chi connectivity index (χ2v) is 7.56. The Morgan fingerprint density at radius 1 is 1.39 bits per heavy atom. The lowest BCUT2D eigenvalue weighted by molar-refractivity contribution is 0.0964. The number of carbonyl (C=O) groups is 1. The molecule has 1 aliphatic rings. The van der Waals surface area contributed by atoms with Gasteiger partial charge in [-0.25, -0.2) is 17.9 Å². The van der Waals surface area contributed by atoms with Crippen LogP contribution in [0.25, 0.3) is 5.65 Å². The Labute approximate surface area is 134 Å². The van der Waals surface area contributed by atoms with E-state index in [0.29, 0.717) is 17.8 Å². The molecule has 3 rings (SSSR count). The second kappa shape index (κ2) is 5.89. The van der Waals surface area contributed by atoms with E-state index in [1.54, 1.807) is 23.8 Å². The zero-order chi connectivity index (χ0) is 16.6. The number of piperidine rings is 1. The van der Waals surface area contributed by atoms with Gasteiger partial charge in [-0.3, -0.25) is 4.79 Å². The second-order valence-electron chi connectivity index (χ2n) is 5.63. The van der Waals surface area contributed by atoms with Gasteiger partial charge in [0, 0.05) is 19.8 Å². The van der Waals surface area contributed by atoms with E-state index >= 15 is 0 Å². The average Bonchev–Trinajstić information content (AvgIpc) is 2.97. The lowest BCUT2D eigenvalue weighted by Gasteiger charge is -2.33. The molecule has 1 aliphatic heterocycles. The summed E-state index contributed by atoms with van der Waals surface area (Å²) in [6, 6.07) is 1.48. The Hall–Kier alpha value is -2.00. The van der Waals surface area contributed by atoms with Crippen molar-refractivity contribution >= 4 is 21.6 Å². The van der Waals surface area contributed by atoms with Crippen molar-refractivity contribution < 1.29 is 13.2 Å². The highest BCUT2D eigenvalue weighted by molar-refractivity contribution is 7.88. The standard InChI is InChI=1S/C14H19N5O3S/c1-15-14(20)10-9-17-19-12(6-7-16-13(10)19)11-5-3-4-8-18(11)23(2,21)22/h6-7,9,11H,3-5,8H2,1-2H3,(H,15,20)/t11-/m0/s1. The average molecular weight is 337 g/mol. The molecule has 0 spiro atoms. The third-order valence-electron chi connectivity index (χ3n) is 4.12. The minimum absolute atomic E-state index is 0.270. The van der Waals surface area contributed by atoms with Crippen molar-refractivity contribution in [2.24, 2.45) is 0 Å². The fourth-order valence-corrected chi connectivity index (χ4v) is 4.19. The number of nitrogens with one attached hydrogen (secondary N) is 1. The van der Waals surface area contributed by atoms with Crippen molar-refractivity contribution in [3.05, 3.63) is 29.7 Å². The van der Waals surface area contributed by atoms with Gasteiger partial charge in [-0.05, 0) is 18.9 Å². The van der Waals surface area contributed by atoms with Crippen LogP contribution in [0.4, 0.5) is 0 Å². The number of nitrogens with zero attached hydrogens (tertiary/aromatic N) is 4. The third-order valence-corrected chi connectivity index (χ3v) is 5.41. The van der Waals surface area contributed by atoms with Crippen molar-refractivity contribution in [2.75, 3.05) is 19.8 Å². The summed E-state index contributed by atoms with van der Waals surface area (Å²) >= 11 is 0. The molecule has 0 saturated carbocycles. The van der Waals surface area contributed by atoms with Gasteiger partial charge in [0.25, 0.3) is 5.91 Å². The number of rotatable bonds is 3. The van der Waals surface area contributed by atoms with Crippen molar-refractivity contribution in [1.29, 1.82) is 0 Å². The van der Waals surface area contributed by atoms with Crippen LogP contribution in [0.1, 0.15) is 41.4 Å². The van der Waals surface area contributed by atoms with Crippen LogP contribution in [0.15, 0.2) is 18.5 Å². The molecule has 0 bridgehead atoms. The van der Waals surface area contributed by atoms with E-state index in [4.69, 9.17) is 0 Å². The molecule has 0 aliphatic carbocycles. The number of hydrogen-bond acceptors (Lipinski definition) is 5. The van der Waals surface area contributed by atoms with Crippen molar-refractivity contribution in [3.8, 4) is 0 Å². The zero-order valence-electron chi connectivity index (χ0n) is 13.1. The van der Waals surface area contributed by atoms with Crippen LogP contribution in [0.2, 0.25) is 0 Å². The fraction of sp³-hybridized carbons (Fsp3) is 0.500. The summed E-state index contributed by atoms with van der Waals surface area (Å²) in [5.41, 5.74) is 1.53. The predicted octanol–water partition coefficient (Wildman–Crippen LogP) is 0.575. The minimum Gasteiger partial charge on any atom is -0.355 e. The van der Waals surface area contributed by atoms with E-state index in [2.05, 4.69) is 15.4 Å². The van der Waals surface area contributed by atoms with E-state index < -0.39 is 10.0 Å². The first-order chi connectivity index (χ1) is 10.9. The smallest absolute Gasteiger partial charge is 0.256 e. The van der Waals surface area contributed by atoms with E-state index in [1.807, 2.05) is 0 Å².